The predicted octanol–water partition coefficient (Wildman–Crippen LogP) is 3.31. The number of benzene rings is 2. The second-order valence-corrected chi connectivity index (χ2v) is 4.74. The van der Waals surface area contributed by atoms with Gasteiger partial charge in [0.25, 0.3) is 0 Å². The molecule has 0 bridgehead atoms. The molecule has 0 fully saturated rings. The number of methoxy groups -OCH3 is 3. The van der Waals surface area contributed by atoms with E-state index in [-0.39, 0.29) is 0 Å². The molecule has 5 nitrogen and oxygen atoms in total. The fourth-order valence-electron chi connectivity index (χ4n) is 2.11. The Morgan fingerprint density at radius 2 is 1.35 bits per heavy atom. The zero-order valence-corrected chi connectivity index (χ0v) is 13.7. The number of hydrogen-bond acceptors (Lipinski definition) is 5. The topological polar surface area (TPSA) is 46.2 Å². The van der Waals surface area contributed by atoms with Crippen LogP contribution in [0.15, 0.2) is 42.5 Å². The molecule has 0 radical (unpaired) electrons. The summed E-state index contributed by atoms with van der Waals surface area (Å²) in [4.78, 5) is 0. The molecule has 2 aromatic rings. The molecule has 2 rings (SSSR count). The van der Waals surface area contributed by atoms with Gasteiger partial charge in [0.1, 0.15) is 6.61 Å². The fourth-order valence-corrected chi connectivity index (χ4v) is 2.11. The summed E-state index contributed by atoms with van der Waals surface area (Å²) < 4.78 is 27.0. The zero-order valence-electron chi connectivity index (χ0n) is 13.7. The molecule has 0 spiro atoms. The highest BCUT2D eigenvalue weighted by Gasteiger charge is 2.05. The van der Waals surface area contributed by atoms with E-state index in [1.807, 2.05) is 42.5 Å². The van der Waals surface area contributed by atoms with E-state index in [0.717, 1.165) is 5.56 Å². The van der Waals surface area contributed by atoms with Crippen LogP contribution in [0.5, 0.6) is 23.0 Å². The normalized spacial score (nSPS) is 10.2. The van der Waals surface area contributed by atoms with Crippen LogP contribution in [0.25, 0.3) is 0 Å². The molecule has 0 atom stereocenters. The highest BCUT2D eigenvalue weighted by Crippen LogP contribution is 2.28. The summed E-state index contributed by atoms with van der Waals surface area (Å²) in [6.07, 6.45) is 0. The molecule has 0 saturated heterocycles. The van der Waals surface area contributed by atoms with Gasteiger partial charge in [0.15, 0.2) is 23.0 Å². The summed E-state index contributed by atoms with van der Waals surface area (Å²) in [7, 11) is 4.85. The van der Waals surface area contributed by atoms with Gasteiger partial charge in [0.2, 0.25) is 0 Å². The quantitative estimate of drug-likeness (QED) is 0.664. The Morgan fingerprint density at radius 1 is 0.696 bits per heavy atom. The second kappa shape index (κ2) is 8.90. The van der Waals surface area contributed by atoms with Crippen molar-refractivity contribution in [3.05, 3.63) is 48.0 Å². The van der Waals surface area contributed by atoms with Crippen LogP contribution >= 0.6 is 0 Å². The Labute approximate surface area is 136 Å². The van der Waals surface area contributed by atoms with Crippen LogP contribution in [0, 0.1) is 0 Å². The monoisotopic (exact) mass is 318 g/mol. The van der Waals surface area contributed by atoms with Crippen LogP contribution in [0.4, 0.5) is 0 Å². The van der Waals surface area contributed by atoms with Crippen LogP contribution in [-0.4, -0.2) is 34.5 Å². The molecule has 124 valence electrons. The molecule has 0 N–H and O–H groups in total. The zero-order chi connectivity index (χ0) is 16.5. The van der Waals surface area contributed by atoms with Crippen molar-refractivity contribution in [3.63, 3.8) is 0 Å². The number of hydrogen-bond donors (Lipinski definition) is 0. The Balaban J connectivity index is 1.77. The molecule has 0 heterocycles. The number of para-hydroxylation sites is 2. The molecule has 2 aromatic carbocycles. The third-order valence-electron chi connectivity index (χ3n) is 3.27. The van der Waals surface area contributed by atoms with E-state index >= 15 is 0 Å². The summed E-state index contributed by atoms with van der Waals surface area (Å²) >= 11 is 0. The van der Waals surface area contributed by atoms with Crippen molar-refractivity contribution in [1.82, 2.24) is 0 Å². The maximum absolute atomic E-state index is 5.65. The fraction of sp³-hybridized carbons (Fsp3) is 0.333. The molecule has 0 aliphatic heterocycles. The van der Waals surface area contributed by atoms with Crippen molar-refractivity contribution in [2.75, 3.05) is 34.5 Å². The first kappa shape index (κ1) is 17.0. The summed E-state index contributed by atoms with van der Waals surface area (Å²) in [5.41, 5.74) is 1.01. The van der Waals surface area contributed by atoms with Gasteiger partial charge in [0.05, 0.1) is 34.5 Å². The van der Waals surface area contributed by atoms with Crippen LogP contribution in [-0.2, 0) is 11.3 Å². The van der Waals surface area contributed by atoms with Crippen molar-refractivity contribution in [1.29, 1.82) is 0 Å². The molecular weight excluding hydrogens is 296 g/mol. The van der Waals surface area contributed by atoms with Crippen molar-refractivity contribution in [2.24, 2.45) is 0 Å². The van der Waals surface area contributed by atoms with E-state index in [1.54, 1.807) is 21.3 Å². The summed E-state index contributed by atoms with van der Waals surface area (Å²) in [5, 5.41) is 0. The average molecular weight is 318 g/mol. The SMILES string of the molecule is COc1ccc(COCCOc2ccccc2OC)cc1OC. The van der Waals surface area contributed by atoms with Crippen molar-refractivity contribution in [3.8, 4) is 23.0 Å². The Morgan fingerprint density at radius 3 is 2.04 bits per heavy atom. The highest BCUT2D eigenvalue weighted by molar-refractivity contribution is 5.42. The van der Waals surface area contributed by atoms with Crippen LogP contribution in [0.2, 0.25) is 0 Å². The maximum Gasteiger partial charge on any atom is 0.161 e. The van der Waals surface area contributed by atoms with Gasteiger partial charge in [-0.3, -0.25) is 0 Å². The Kier molecular flexibility index (Phi) is 6.56. The molecule has 5 heteroatoms. The van der Waals surface area contributed by atoms with E-state index in [4.69, 9.17) is 23.7 Å². The molecule has 0 amide bonds. The first-order valence-corrected chi connectivity index (χ1v) is 7.33. The third kappa shape index (κ3) is 4.79. The first-order chi connectivity index (χ1) is 11.3. The second-order valence-electron chi connectivity index (χ2n) is 4.74. The minimum Gasteiger partial charge on any atom is -0.493 e. The lowest BCUT2D eigenvalue weighted by Gasteiger charge is -2.11. The molecular formula is C18H22O5. The minimum atomic E-state index is 0.452. The highest BCUT2D eigenvalue weighted by atomic mass is 16.5. The van der Waals surface area contributed by atoms with Gasteiger partial charge in [-0.2, -0.15) is 0 Å². The van der Waals surface area contributed by atoms with Crippen LogP contribution < -0.4 is 18.9 Å². The number of rotatable bonds is 9. The lowest BCUT2D eigenvalue weighted by Crippen LogP contribution is -2.07. The maximum atomic E-state index is 5.65. The summed E-state index contributed by atoms with van der Waals surface area (Å²) in [6.45, 7) is 1.41. The average Bonchev–Trinajstić information content (AvgIpc) is 2.61. The van der Waals surface area contributed by atoms with Gasteiger partial charge < -0.3 is 23.7 Å². The van der Waals surface area contributed by atoms with Crippen molar-refractivity contribution < 1.29 is 23.7 Å². The Hall–Kier alpha value is -2.40. The lowest BCUT2D eigenvalue weighted by molar-refractivity contribution is 0.0878. The van der Waals surface area contributed by atoms with Crippen LogP contribution in [0.1, 0.15) is 5.56 Å². The van der Waals surface area contributed by atoms with Gasteiger partial charge >= 0.3 is 0 Å². The third-order valence-corrected chi connectivity index (χ3v) is 3.27. The minimum absolute atomic E-state index is 0.452. The molecule has 23 heavy (non-hydrogen) atoms. The van der Waals surface area contributed by atoms with E-state index < -0.39 is 0 Å². The molecule has 0 aliphatic rings. The molecule has 0 saturated carbocycles. The van der Waals surface area contributed by atoms with Crippen molar-refractivity contribution in [2.45, 2.75) is 6.61 Å². The first-order valence-electron chi connectivity index (χ1n) is 7.33. The number of ether oxygens (including phenoxy) is 5. The largest absolute Gasteiger partial charge is 0.493 e. The van der Waals surface area contributed by atoms with Crippen LogP contribution in [0.3, 0.4) is 0 Å². The van der Waals surface area contributed by atoms with Gasteiger partial charge in [-0.15, -0.1) is 0 Å². The van der Waals surface area contributed by atoms with Gasteiger partial charge in [0, 0.05) is 0 Å². The van der Waals surface area contributed by atoms with E-state index in [2.05, 4.69) is 0 Å². The van der Waals surface area contributed by atoms with Gasteiger partial charge in [-0.1, -0.05) is 18.2 Å². The van der Waals surface area contributed by atoms with Gasteiger partial charge in [-0.05, 0) is 29.8 Å². The summed E-state index contributed by atoms with van der Waals surface area (Å²) in [5.74, 6) is 2.83. The lowest BCUT2D eigenvalue weighted by atomic mass is 10.2. The standard InChI is InChI=1S/C18H22O5/c1-19-15-6-4-5-7-17(15)23-11-10-22-13-14-8-9-16(20-2)18(12-14)21-3/h4-9,12H,10-11,13H2,1-3H3. The van der Waals surface area contributed by atoms with E-state index in [1.165, 1.54) is 0 Å². The Bertz CT molecular complexity index is 612. The molecule has 0 unspecified atom stereocenters. The van der Waals surface area contributed by atoms with E-state index in [9.17, 15) is 0 Å². The molecule has 0 aromatic heterocycles. The smallest absolute Gasteiger partial charge is 0.161 e. The van der Waals surface area contributed by atoms with E-state index in [0.29, 0.717) is 42.8 Å². The van der Waals surface area contributed by atoms with Crippen molar-refractivity contribution >= 4 is 0 Å². The van der Waals surface area contributed by atoms with Gasteiger partial charge in [-0.25, -0.2) is 0 Å². The summed E-state index contributed by atoms with van der Waals surface area (Å²) in [6, 6.07) is 13.2. The predicted molar refractivity (Wildman–Crippen MR) is 87.7 cm³/mol. The molecule has 0 aliphatic carbocycles.